The molecular formula is C24H27FN6O5S. The molecule has 3 aromatic rings. The third kappa shape index (κ3) is 5.05. The largest absolute Gasteiger partial charge is 0.462 e. The number of amides is 1. The van der Waals surface area contributed by atoms with Crippen LogP contribution in [0.1, 0.15) is 42.2 Å². The van der Waals surface area contributed by atoms with Gasteiger partial charge in [0.15, 0.2) is 15.9 Å². The van der Waals surface area contributed by atoms with Crippen molar-refractivity contribution >= 4 is 40.2 Å². The molecule has 1 atom stereocenters. The van der Waals surface area contributed by atoms with Crippen LogP contribution in [0.25, 0.3) is 16.2 Å². The van der Waals surface area contributed by atoms with Gasteiger partial charge in [0.2, 0.25) is 17.3 Å². The molecule has 0 bridgehead atoms. The highest BCUT2D eigenvalue weighted by Gasteiger charge is 2.35. The van der Waals surface area contributed by atoms with Crippen LogP contribution < -0.4 is 15.6 Å². The van der Waals surface area contributed by atoms with Gasteiger partial charge in [-0.2, -0.15) is 9.37 Å². The first-order chi connectivity index (χ1) is 17.9. The van der Waals surface area contributed by atoms with Gasteiger partial charge >= 0.3 is 5.97 Å². The van der Waals surface area contributed by atoms with E-state index >= 15 is 0 Å². The van der Waals surface area contributed by atoms with Crippen LogP contribution in [-0.4, -0.2) is 70.3 Å². The van der Waals surface area contributed by atoms with Crippen LogP contribution in [0.4, 0.5) is 10.3 Å². The molecule has 37 heavy (non-hydrogen) atoms. The number of thiazole rings is 1. The molecular weight excluding hydrogens is 503 g/mol. The van der Waals surface area contributed by atoms with Crippen LogP contribution in [0.5, 0.6) is 0 Å². The fourth-order valence-corrected chi connectivity index (χ4v) is 5.12. The van der Waals surface area contributed by atoms with E-state index in [1.54, 1.807) is 13.8 Å². The predicted octanol–water partition coefficient (Wildman–Crippen LogP) is 1.98. The summed E-state index contributed by atoms with van der Waals surface area (Å²) in [6, 6.07) is 0. The van der Waals surface area contributed by atoms with Crippen molar-refractivity contribution in [3.63, 3.8) is 0 Å². The third-order valence-electron chi connectivity index (χ3n) is 6.50. The Balaban J connectivity index is 1.41. The number of carbonyl (C=O) groups is 2. The minimum absolute atomic E-state index is 0.0443. The Kier molecular flexibility index (Phi) is 7.15. The van der Waals surface area contributed by atoms with Gasteiger partial charge in [-0.3, -0.25) is 14.2 Å². The zero-order valence-corrected chi connectivity index (χ0v) is 21.3. The van der Waals surface area contributed by atoms with Crippen molar-refractivity contribution in [1.29, 1.82) is 0 Å². The fourth-order valence-electron chi connectivity index (χ4n) is 4.50. The van der Waals surface area contributed by atoms with Crippen molar-refractivity contribution in [3.05, 3.63) is 39.0 Å². The molecule has 0 aliphatic carbocycles. The zero-order valence-electron chi connectivity index (χ0n) is 20.5. The molecule has 2 fully saturated rings. The first-order valence-corrected chi connectivity index (χ1v) is 13.0. The highest BCUT2D eigenvalue weighted by molar-refractivity contribution is 7.12. The van der Waals surface area contributed by atoms with Gasteiger partial charge in [-0.05, 0) is 33.1 Å². The second-order valence-corrected chi connectivity index (χ2v) is 10.0. The first-order valence-electron chi connectivity index (χ1n) is 12.2. The maximum absolute atomic E-state index is 13.8. The number of pyridine rings is 1. The average Bonchev–Trinajstić information content (AvgIpc) is 3.28. The van der Waals surface area contributed by atoms with Gasteiger partial charge in [0, 0.05) is 32.4 Å². The maximum atomic E-state index is 13.8. The fraction of sp³-hybridized carbons (Fsp3) is 0.500. The Hall–Kier alpha value is -3.45. The highest BCUT2D eigenvalue weighted by Crippen LogP contribution is 2.27. The van der Waals surface area contributed by atoms with Crippen molar-refractivity contribution < 1.29 is 23.5 Å². The molecule has 3 aromatic heterocycles. The van der Waals surface area contributed by atoms with Crippen LogP contribution in [0.3, 0.4) is 0 Å². The molecule has 11 nitrogen and oxygen atoms in total. The number of rotatable bonds is 7. The van der Waals surface area contributed by atoms with Gasteiger partial charge in [-0.1, -0.05) is 11.3 Å². The Bertz CT molecular complexity index is 1400. The molecule has 5 rings (SSSR count). The Morgan fingerprint density at radius 3 is 2.78 bits per heavy atom. The molecule has 2 aliphatic rings. The summed E-state index contributed by atoms with van der Waals surface area (Å²) in [5.41, 5.74) is -0.245. The minimum Gasteiger partial charge on any atom is -0.462 e. The first kappa shape index (κ1) is 25.2. The molecule has 1 amide bonds. The number of fused-ring (bicyclic) bond motifs is 1. The monoisotopic (exact) mass is 530 g/mol. The lowest BCUT2D eigenvalue weighted by Crippen LogP contribution is -2.55. The normalized spacial score (nSPS) is 18.0. The molecule has 196 valence electrons. The number of nitrogens with zero attached hydrogens (tertiary/aromatic N) is 5. The number of nitrogens with one attached hydrogen (secondary N) is 1. The number of esters is 1. The van der Waals surface area contributed by atoms with Crippen molar-refractivity contribution in [2.45, 2.75) is 39.2 Å². The molecule has 2 saturated heterocycles. The number of anilines is 1. The van der Waals surface area contributed by atoms with Crippen molar-refractivity contribution in [3.8, 4) is 5.13 Å². The van der Waals surface area contributed by atoms with Crippen molar-refractivity contribution in [2.75, 3.05) is 37.7 Å². The topological polar surface area (TPSA) is 129 Å². The summed E-state index contributed by atoms with van der Waals surface area (Å²) >= 11 is 0.750. The molecule has 0 spiro atoms. The number of aromatic nitrogens is 4. The summed E-state index contributed by atoms with van der Waals surface area (Å²) in [6.07, 6.45) is 5.51. The van der Waals surface area contributed by atoms with E-state index in [2.05, 4.69) is 20.3 Å². The van der Waals surface area contributed by atoms with E-state index in [4.69, 9.17) is 9.47 Å². The van der Waals surface area contributed by atoms with Crippen molar-refractivity contribution in [2.24, 2.45) is 5.92 Å². The van der Waals surface area contributed by atoms with Gasteiger partial charge < -0.3 is 19.7 Å². The number of halogens is 1. The van der Waals surface area contributed by atoms with E-state index < -0.39 is 16.5 Å². The van der Waals surface area contributed by atoms with E-state index in [1.807, 2.05) is 4.90 Å². The number of ether oxygens (including phenoxy) is 2. The summed E-state index contributed by atoms with van der Waals surface area (Å²) in [7, 11) is 0. The quantitative estimate of drug-likeness (QED) is 0.456. The third-order valence-corrected chi connectivity index (χ3v) is 7.28. The van der Waals surface area contributed by atoms with Crippen LogP contribution in [0.15, 0.2) is 17.2 Å². The lowest BCUT2D eigenvalue weighted by molar-refractivity contribution is -0.126. The predicted molar refractivity (Wildman–Crippen MR) is 134 cm³/mol. The van der Waals surface area contributed by atoms with Crippen LogP contribution in [-0.2, 0) is 14.3 Å². The van der Waals surface area contributed by atoms with Gasteiger partial charge in [0.05, 0.1) is 35.9 Å². The maximum Gasteiger partial charge on any atom is 0.343 e. The molecule has 0 radical (unpaired) electrons. The molecule has 0 unspecified atom stereocenters. The molecule has 1 N–H and O–H groups in total. The average molecular weight is 531 g/mol. The SMILES string of the molecule is CCOC(=O)c1cn(-c2ncc(F)s2)c2nc(N3CC(C(=O)NC[C@@H]4CCCCO4)C3)nc(C)c2c1=O. The van der Waals surface area contributed by atoms with E-state index in [-0.39, 0.29) is 46.3 Å². The summed E-state index contributed by atoms with van der Waals surface area (Å²) in [5, 5.41) is 2.76. The van der Waals surface area contributed by atoms with Crippen LogP contribution >= 0.6 is 11.3 Å². The summed E-state index contributed by atoms with van der Waals surface area (Å²) in [5.74, 6) is -0.723. The highest BCUT2D eigenvalue weighted by atomic mass is 32.1. The molecule has 0 aromatic carbocycles. The lowest BCUT2D eigenvalue weighted by atomic mass is 9.99. The lowest BCUT2D eigenvalue weighted by Gasteiger charge is -2.38. The van der Waals surface area contributed by atoms with E-state index in [1.165, 1.54) is 10.8 Å². The Labute approximate surface area is 215 Å². The summed E-state index contributed by atoms with van der Waals surface area (Å²) in [4.78, 5) is 53.2. The van der Waals surface area contributed by atoms with E-state index in [0.29, 0.717) is 31.3 Å². The number of carbonyl (C=O) groups excluding carboxylic acids is 2. The van der Waals surface area contributed by atoms with Gasteiger partial charge in [-0.25, -0.2) is 14.8 Å². The second-order valence-electron chi connectivity index (χ2n) is 9.05. The van der Waals surface area contributed by atoms with E-state index in [9.17, 15) is 18.8 Å². The number of hydrogen-bond acceptors (Lipinski definition) is 10. The van der Waals surface area contributed by atoms with E-state index in [0.717, 1.165) is 43.4 Å². The smallest absolute Gasteiger partial charge is 0.343 e. The molecule has 2 aliphatic heterocycles. The van der Waals surface area contributed by atoms with Crippen molar-refractivity contribution in [1.82, 2.24) is 24.8 Å². The second kappa shape index (κ2) is 10.5. The number of hydrogen-bond donors (Lipinski definition) is 1. The summed E-state index contributed by atoms with van der Waals surface area (Å²) < 4.78 is 25.9. The molecule has 13 heteroatoms. The van der Waals surface area contributed by atoms with Gasteiger partial charge in [0.1, 0.15) is 5.56 Å². The standard InChI is InChI=1S/C24H27FN6O5S/c1-3-35-22(34)16-12-31(24-27-9-17(25)37-24)20-18(19(16)32)13(2)28-23(29-20)30-10-14(11-30)21(33)26-8-15-6-4-5-7-36-15/h9,12,14-15H,3-8,10-11H2,1-2H3,(H,26,33)/t15-/m0/s1. The minimum atomic E-state index is -0.793. The van der Waals surface area contributed by atoms with Crippen LogP contribution in [0, 0.1) is 18.0 Å². The summed E-state index contributed by atoms with van der Waals surface area (Å²) in [6.45, 7) is 5.44. The number of aryl methyl sites for hydroxylation is 1. The zero-order chi connectivity index (χ0) is 26.1. The van der Waals surface area contributed by atoms with Gasteiger partial charge in [0.25, 0.3) is 0 Å². The molecule has 0 saturated carbocycles. The Morgan fingerprint density at radius 2 is 2.11 bits per heavy atom. The Morgan fingerprint density at radius 1 is 1.30 bits per heavy atom. The van der Waals surface area contributed by atoms with Gasteiger partial charge in [-0.15, -0.1) is 0 Å². The van der Waals surface area contributed by atoms with Crippen LogP contribution in [0.2, 0.25) is 0 Å². The molecule has 5 heterocycles.